The Kier molecular flexibility index (Phi) is 4.32. The van der Waals surface area contributed by atoms with Crippen LogP contribution in [0.15, 0.2) is 21.3 Å². The van der Waals surface area contributed by atoms with E-state index < -0.39 is 0 Å². The first kappa shape index (κ1) is 14.9. The van der Waals surface area contributed by atoms with Crippen molar-refractivity contribution in [1.82, 2.24) is 4.98 Å². The number of nitrogens with zero attached hydrogens (tertiary/aromatic N) is 1. The molecule has 0 spiro atoms. The van der Waals surface area contributed by atoms with Gasteiger partial charge in [-0.05, 0) is 12.3 Å². The molecule has 0 aliphatic heterocycles. The lowest BCUT2D eigenvalue weighted by molar-refractivity contribution is 0.355. The van der Waals surface area contributed by atoms with E-state index in [9.17, 15) is 4.79 Å². The molecule has 1 heterocycles. The summed E-state index contributed by atoms with van der Waals surface area (Å²) in [7, 11) is 3.10. The highest BCUT2D eigenvalue weighted by atomic mass is 16.5. The predicted octanol–water partition coefficient (Wildman–Crippen LogP) is 3.33. The van der Waals surface area contributed by atoms with Gasteiger partial charge >= 0.3 is 5.63 Å². The fourth-order valence-electron chi connectivity index (χ4n) is 3.18. The Morgan fingerprint density at radius 3 is 2.55 bits per heavy atom. The van der Waals surface area contributed by atoms with Crippen LogP contribution in [0.1, 0.15) is 38.0 Å². The molecule has 22 heavy (non-hydrogen) atoms. The van der Waals surface area contributed by atoms with Crippen molar-refractivity contribution in [3.05, 3.63) is 28.4 Å². The summed E-state index contributed by atoms with van der Waals surface area (Å²) in [6.45, 7) is 0. The molecule has 1 aromatic carbocycles. The molecule has 118 valence electrons. The Morgan fingerprint density at radius 2 is 1.86 bits per heavy atom. The molecule has 1 aliphatic carbocycles. The minimum Gasteiger partial charge on any atom is -0.493 e. The van der Waals surface area contributed by atoms with Gasteiger partial charge in [0, 0.05) is 18.6 Å². The summed E-state index contributed by atoms with van der Waals surface area (Å²) in [5.41, 5.74) is 0.225. The standard InChI is InChI=1S/C17H21NO4/c1-20-14-9-12-13(10-15(14)21-2)18-16(22-17(12)19)8-7-11-5-3-4-6-11/h9-11H,3-8H2,1-2H3. The molecule has 2 aromatic rings. The second-order valence-electron chi connectivity index (χ2n) is 5.81. The number of aryl methyl sites for hydroxylation is 1. The number of aromatic nitrogens is 1. The smallest absolute Gasteiger partial charge is 0.346 e. The number of benzene rings is 1. The lowest BCUT2D eigenvalue weighted by Crippen LogP contribution is -2.07. The van der Waals surface area contributed by atoms with Crippen molar-refractivity contribution in [1.29, 1.82) is 0 Å². The molecule has 1 aromatic heterocycles. The maximum absolute atomic E-state index is 12.2. The number of ether oxygens (including phenoxy) is 2. The second kappa shape index (κ2) is 6.38. The number of rotatable bonds is 5. The Labute approximate surface area is 129 Å². The van der Waals surface area contributed by atoms with Gasteiger partial charge in [-0.1, -0.05) is 25.7 Å². The molecule has 0 unspecified atom stereocenters. The summed E-state index contributed by atoms with van der Waals surface area (Å²) in [4.78, 5) is 16.6. The summed E-state index contributed by atoms with van der Waals surface area (Å²) >= 11 is 0. The molecule has 3 rings (SSSR count). The largest absolute Gasteiger partial charge is 0.493 e. The van der Waals surface area contributed by atoms with E-state index in [1.165, 1.54) is 32.8 Å². The van der Waals surface area contributed by atoms with Gasteiger partial charge in [0.2, 0.25) is 0 Å². The van der Waals surface area contributed by atoms with E-state index in [0.717, 1.165) is 12.3 Å². The van der Waals surface area contributed by atoms with Gasteiger partial charge in [0.15, 0.2) is 17.4 Å². The Morgan fingerprint density at radius 1 is 1.18 bits per heavy atom. The molecule has 1 fully saturated rings. The van der Waals surface area contributed by atoms with Crippen molar-refractivity contribution in [3.63, 3.8) is 0 Å². The molecular weight excluding hydrogens is 282 g/mol. The quantitative estimate of drug-likeness (QED) is 0.848. The van der Waals surface area contributed by atoms with Crippen LogP contribution in [0.3, 0.4) is 0 Å². The summed E-state index contributed by atoms with van der Waals surface area (Å²) in [5, 5.41) is 0.419. The summed E-state index contributed by atoms with van der Waals surface area (Å²) in [6.07, 6.45) is 6.94. The fourth-order valence-corrected chi connectivity index (χ4v) is 3.18. The van der Waals surface area contributed by atoms with Gasteiger partial charge in [-0.25, -0.2) is 9.78 Å². The minimum absolute atomic E-state index is 0.368. The van der Waals surface area contributed by atoms with E-state index >= 15 is 0 Å². The number of hydrogen-bond acceptors (Lipinski definition) is 5. The van der Waals surface area contributed by atoms with Crippen molar-refractivity contribution in [2.75, 3.05) is 14.2 Å². The van der Waals surface area contributed by atoms with Gasteiger partial charge in [-0.2, -0.15) is 0 Å². The second-order valence-corrected chi connectivity index (χ2v) is 5.81. The fraction of sp³-hybridized carbons (Fsp3) is 0.529. The summed E-state index contributed by atoms with van der Waals surface area (Å²) < 4.78 is 15.8. The van der Waals surface area contributed by atoms with Gasteiger partial charge in [-0.15, -0.1) is 0 Å². The summed E-state index contributed by atoms with van der Waals surface area (Å²) in [5.74, 6) is 2.32. The van der Waals surface area contributed by atoms with E-state index in [0.29, 0.717) is 34.7 Å². The van der Waals surface area contributed by atoms with Crippen LogP contribution >= 0.6 is 0 Å². The summed E-state index contributed by atoms with van der Waals surface area (Å²) in [6, 6.07) is 3.35. The van der Waals surface area contributed by atoms with Gasteiger partial charge in [-0.3, -0.25) is 0 Å². The van der Waals surface area contributed by atoms with Crippen LogP contribution < -0.4 is 15.1 Å². The highest BCUT2D eigenvalue weighted by Gasteiger charge is 2.17. The Bertz CT molecular complexity index is 716. The molecule has 0 bridgehead atoms. The van der Waals surface area contributed by atoms with E-state index in [-0.39, 0.29) is 5.63 Å². The first-order valence-electron chi connectivity index (χ1n) is 7.77. The van der Waals surface area contributed by atoms with E-state index in [1.54, 1.807) is 19.2 Å². The third-order valence-corrected chi connectivity index (χ3v) is 4.42. The third kappa shape index (κ3) is 2.93. The van der Waals surface area contributed by atoms with Crippen LogP contribution in [-0.4, -0.2) is 19.2 Å². The minimum atomic E-state index is -0.368. The van der Waals surface area contributed by atoms with Gasteiger partial charge < -0.3 is 13.9 Å². The Hall–Kier alpha value is -2.04. The van der Waals surface area contributed by atoms with Crippen molar-refractivity contribution < 1.29 is 13.9 Å². The van der Waals surface area contributed by atoms with Crippen molar-refractivity contribution in [3.8, 4) is 11.5 Å². The van der Waals surface area contributed by atoms with Gasteiger partial charge in [0.25, 0.3) is 0 Å². The first-order valence-corrected chi connectivity index (χ1v) is 7.77. The van der Waals surface area contributed by atoms with Crippen LogP contribution in [0.2, 0.25) is 0 Å². The normalized spacial score (nSPS) is 15.4. The highest BCUT2D eigenvalue weighted by Crippen LogP contribution is 2.31. The Balaban J connectivity index is 1.91. The average Bonchev–Trinajstić information content (AvgIpc) is 3.05. The molecular formula is C17H21NO4. The zero-order chi connectivity index (χ0) is 15.5. The van der Waals surface area contributed by atoms with Crippen molar-refractivity contribution in [2.24, 2.45) is 5.92 Å². The molecule has 5 nitrogen and oxygen atoms in total. The van der Waals surface area contributed by atoms with Gasteiger partial charge in [0.05, 0.1) is 25.1 Å². The zero-order valence-electron chi connectivity index (χ0n) is 13.1. The zero-order valence-corrected chi connectivity index (χ0v) is 13.1. The maximum atomic E-state index is 12.2. The van der Waals surface area contributed by atoms with Crippen LogP contribution in [0.4, 0.5) is 0 Å². The maximum Gasteiger partial charge on any atom is 0.346 e. The van der Waals surface area contributed by atoms with E-state index in [2.05, 4.69) is 4.98 Å². The van der Waals surface area contributed by atoms with Gasteiger partial charge in [0.1, 0.15) is 0 Å². The molecule has 1 saturated carbocycles. The highest BCUT2D eigenvalue weighted by molar-refractivity contribution is 5.81. The SMILES string of the molecule is COc1cc2nc(CCC3CCCC3)oc(=O)c2cc1OC. The molecule has 0 atom stereocenters. The molecule has 0 amide bonds. The molecule has 1 aliphatic rings. The molecule has 0 radical (unpaired) electrons. The number of hydrogen-bond donors (Lipinski definition) is 0. The lowest BCUT2D eigenvalue weighted by Gasteiger charge is -2.10. The van der Waals surface area contributed by atoms with E-state index in [1.807, 2.05) is 0 Å². The van der Waals surface area contributed by atoms with Crippen molar-refractivity contribution in [2.45, 2.75) is 38.5 Å². The average molecular weight is 303 g/mol. The molecule has 5 heteroatoms. The number of fused-ring (bicyclic) bond motifs is 1. The topological polar surface area (TPSA) is 61.6 Å². The van der Waals surface area contributed by atoms with Crippen molar-refractivity contribution >= 4 is 10.9 Å². The first-order chi connectivity index (χ1) is 10.7. The molecule has 0 N–H and O–H groups in total. The van der Waals surface area contributed by atoms with E-state index in [4.69, 9.17) is 13.9 Å². The van der Waals surface area contributed by atoms with Crippen LogP contribution in [-0.2, 0) is 6.42 Å². The predicted molar refractivity (Wildman–Crippen MR) is 83.7 cm³/mol. The van der Waals surface area contributed by atoms with Crippen LogP contribution in [0, 0.1) is 5.92 Å². The molecule has 0 saturated heterocycles. The van der Waals surface area contributed by atoms with Crippen LogP contribution in [0.5, 0.6) is 11.5 Å². The number of methoxy groups -OCH3 is 2. The van der Waals surface area contributed by atoms with Crippen LogP contribution in [0.25, 0.3) is 10.9 Å². The third-order valence-electron chi connectivity index (χ3n) is 4.42. The lowest BCUT2D eigenvalue weighted by atomic mass is 10.0. The monoisotopic (exact) mass is 303 g/mol.